The maximum atomic E-state index is 2.29. The average Bonchev–Trinajstić information content (AvgIpc) is 2.46. The monoisotopic (exact) mass is 159 g/mol. The predicted molar refractivity (Wildman–Crippen MR) is 51.6 cm³/mol. The van der Waals surface area contributed by atoms with E-state index in [9.17, 15) is 0 Å². The number of likely N-dealkylation sites (N-methyl/N-ethyl adjacent to an activating group) is 1. The van der Waals surface area contributed by atoms with Gasteiger partial charge < -0.3 is 4.90 Å². The highest BCUT2D eigenvalue weighted by molar-refractivity contribution is 5.46. The minimum atomic E-state index is 0.521. The molecule has 2 aliphatic rings. The second-order valence-corrected chi connectivity index (χ2v) is 3.40. The fraction of sp³-hybridized carbons (Fsp3) is 0.273. The van der Waals surface area contributed by atoms with Gasteiger partial charge in [-0.15, -0.1) is 0 Å². The van der Waals surface area contributed by atoms with E-state index in [0.717, 1.165) is 0 Å². The van der Waals surface area contributed by atoms with Gasteiger partial charge in [-0.3, -0.25) is 0 Å². The molecule has 12 heavy (non-hydrogen) atoms. The molecular formula is C11H13N. The Hall–Kier alpha value is -1.24. The molecule has 62 valence electrons. The second-order valence-electron chi connectivity index (χ2n) is 3.40. The molecule has 0 saturated carbocycles. The van der Waals surface area contributed by atoms with Gasteiger partial charge in [-0.1, -0.05) is 24.3 Å². The highest BCUT2D eigenvalue weighted by atomic mass is 15.1. The fourth-order valence-electron chi connectivity index (χ4n) is 1.55. The van der Waals surface area contributed by atoms with Crippen LogP contribution in [0.4, 0.5) is 0 Å². The van der Waals surface area contributed by atoms with Crippen LogP contribution in [-0.2, 0) is 0 Å². The highest BCUT2D eigenvalue weighted by Gasteiger charge is 2.16. The van der Waals surface area contributed by atoms with Gasteiger partial charge in [-0.05, 0) is 17.7 Å². The Kier molecular flexibility index (Phi) is 1.65. The van der Waals surface area contributed by atoms with Crippen LogP contribution in [0.25, 0.3) is 0 Å². The van der Waals surface area contributed by atoms with Crippen LogP contribution in [0.2, 0.25) is 0 Å². The van der Waals surface area contributed by atoms with E-state index in [1.807, 2.05) is 0 Å². The molecule has 0 aromatic rings. The fourth-order valence-corrected chi connectivity index (χ4v) is 1.55. The molecule has 0 aromatic heterocycles. The second kappa shape index (κ2) is 2.67. The van der Waals surface area contributed by atoms with Gasteiger partial charge in [0.15, 0.2) is 0 Å². The van der Waals surface area contributed by atoms with Crippen molar-refractivity contribution in [2.24, 2.45) is 5.92 Å². The summed E-state index contributed by atoms with van der Waals surface area (Å²) in [5.74, 6) is 0.521. The van der Waals surface area contributed by atoms with Crippen molar-refractivity contribution in [2.75, 3.05) is 14.1 Å². The number of hydrogen-bond acceptors (Lipinski definition) is 1. The van der Waals surface area contributed by atoms with Gasteiger partial charge in [0.1, 0.15) is 0 Å². The first kappa shape index (κ1) is 7.41. The van der Waals surface area contributed by atoms with Crippen LogP contribution < -0.4 is 0 Å². The summed E-state index contributed by atoms with van der Waals surface area (Å²) in [4.78, 5) is 2.15. The first-order chi connectivity index (χ1) is 5.77. The van der Waals surface area contributed by atoms with Crippen LogP contribution in [0.5, 0.6) is 0 Å². The summed E-state index contributed by atoms with van der Waals surface area (Å²) in [5.41, 5.74) is 2.72. The van der Waals surface area contributed by atoms with Crippen LogP contribution in [0.15, 0.2) is 47.7 Å². The van der Waals surface area contributed by atoms with E-state index < -0.39 is 0 Å². The zero-order chi connectivity index (χ0) is 8.55. The van der Waals surface area contributed by atoms with Gasteiger partial charge in [-0.25, -0.2) is 0 Å². The third kappa shape index (κ3) is 1.11. The zero-order valence-corrected chi connectivity index (χ0v) is 7.49. The van der Waals surface area contributed by atoms with Gasteiger partial charge in [0.05, 0.1) is 0 Å². The van der Waals surface area contributed by atoms with Gasteiger partial charge in [0.25, 0.3) is 0 Å². The van der Waals surface area contributed by atoms with Gasteiger partial charge >= 0.3 is 0 Å². The molecule has 1 heteroatoms. The van der Waals surface area contributed by atoms with E-state index in [4.69, 9.17) is 0 Å². The average molecular weight is 159 g/mol. The molecule has 0 heterocycles. The number of rotatable bonds is 1. The number of nitrogens with zero attached hydrogens (tertiary/aromatic N) is 1. The molecule has 2 rings (SSSR count). The lowest BCUT2D eigenvalue weighted by Gasteiger charge is -2.10. The topological polar surface area (TPSA) is 3.24 Å². The molecular weight excluding hydrogens is 146 g/mol. The standard InChI is InChI=1S/C11H13N/c1-12(2)11-7-9-5-3-4-6-10(9)8-11/h3-9H,1-2H3. The van der Waals surface area contributed by atoms with E-state index in [-0.39, 0.29) is 0 Å². The van der Waals surface area contributed by atoms with Crippen LogP contribution in [0.1, 0.15) is 0 Å². The van der Waals surface area contributed by atoms with Crippen molar-refractivity contribution in [3.63, 3.8) is 0 Å². The first-order valence-electron chi connectivity index (χ1n) is 4.23. The Balaban J connectivity index is 2.29. The van der Waals surface area contributed by atoms with E-state index in [1.54, 1.807) is 0 Å². The van der Waals surface area contributed by atoms with Crippen LogP contribution in [-0.4, -0.2) is 19.0 Å². The Morgan fingerprint density at radius 2 is 2.08 bits per heavy atom. The quantitative estimate of drug-likeness (QED) is 0.566. The van der Waals surface area contributed by atoms with E-state index in [0.29, 0.717) is 5.92 Å². The summed E-state index contributed by atoms with van der Waals surface area (Å²) in [5, 5.41) is 0. The molecule has 0 radical (unpaired) electrons. The summed E-state index contributed by atoms with van der Waals surface area (Å²) in [6, 6.07) is 0. The Morgan fingerprint density at radius 1 is 1.25 bits per heavy atom. The maximum Gasteiger partial charge on any atom is 0.0332 e. The third-order valence-electron chi connectivity index (χ3n) is 2.28. The summed E-state index contributed by atoms with van der Waals surface area (Å²) >= 11 is 0. The van der Waals surface area contributed by atoms with Crippen LogP contribution in [0, 0.1) is 5.92 Å². The minimum Gasteiger partial charge on any atom is -0.378 e. The van der Waals surface area contributed by atoms with E-state index >= 15 is 0 Å². The molecule has 0 aliphatic heterocycles. The smallest absolute Gasteiger partial charge is 0.0332 e. The first-order valence-corrected chi connectivity index (χ1v) is 4.23. The summed E-state index contributed by atoms with van der Waals surface area (Å²) in [6.45, 7) is 0. The molecule has 1 nitrogen and oxygen atoms in total. The van der Waals surface area contributed by atoms with Gasteiger partial charge in [-0.2, -0.15) is 0 Å². The van der Waals surface area contributed by atoms with Crippen molar-refractivity contribution in [1.82, 2.24) is 4.90 Å². The molecule has 0 aromatic carbocycles. The normalized spacial score (nSPS) is 25.0. The SMILES string of the molecule is CN(C)C1=CC2C=CC=CC2=C1. The van der Waals surface area contributed by atoms with Crippen molar-refractivity contribution < 1.29 is 0 Å². The Labute approximate surface area is 73.4 Å². The molecule has 1 atom stereocenters. The maximum absolute atomic E-state index is 2.29. The van der Waals surface area contributed by atoms with E-state index in [2.05, 4.69) is 55.5 Å². The van der Waals surface area contributed by atoms with Crippen molar-refractivity contribution >= 4 is 0 Å². The number of fused-ring (bicyclic) bond motifs is 1. The Bertz CT molecular complexity index is 303. The lowest BCUT2D eigenvalue weighted by atomic mass is 9.98. The largest absolute Gasteiger partial charge is 0.378 e. The molecule has 2 aliphatic carbocycles. The molecule has 0 saturated heterocycles. The molecule has 0 bridgehead atoms. The minimum absolute atomic E-state index is 0.521. The van der Waals surface area contributed by atoms with Crippen molar-refractivity contribution in [3.05, 3.63) is 47.7 Å². The molecule has 0 fully saturated rings. The zero-order valence-electron chi connectivity index (χ0n) is 7.49. The Morgan fingerprint density at radius 3 is 2.75 bits per heavy atom. The third-order valence-corrected chi connectivity index (χ3v) is 2.28. The van der Waals surface area contributed by atoms with Crippen LogP contribution >= 0.6 is 0 Å². The molecule has 0 amide bonds. The predicted octanol–water partition coefficient (Wildman–Crippen LogP) is 2.11. The highest BCUT2D eigenvalue weighted by Crippen LogP contribution is 2.29. The summed E-state index contributed by atoms with van der Waals surface area (Å²) in [6.07, 6.45) is 13.1. The number of allylic oxidation sites excluding steroid dienone is 7. The molecule has 1 unspecified atom stereocenters. The lowest BCUT2D eigenvalue weighted by Crippen LogP contribution is -2.07. The van der Waals surface area contributed by atoms with E-state index in [1.165, 1.54) is 11.3 Å². The molecule has 0 N–H and O–H groups in total. The molecule has 0 spiro atoms. The van der Waals surface area contributed by atoms with Crippen LogP contribution in [0.3, 0.4) is 0 Å². The van der Waals surface area contributed by atoms with Crippen molar-refractivity contribution in [1.29, 1.82) is 0 Å². The summed E-state index contributed by atoms with van der Waals surface area (Å²) < 4.78 is 0. The summed E-state index contributed by atoms with van der Waals surface area (Å²) in [7, 11) is 4.15. The van der Waals surface area contributed by atoms with Crippen molar-refractivity contribution in [3.8, 4) is 0 Å². The van der Waals surface area contributed by atoms with Gasteiger partial charge in [0, 0.05) is 25.7 Å². The van der Waals surface area contributed by atoms with Crippen molar-refractivity contribution in [2.45, 2.75) is 0 Å². The lowest BCUT2D eigenvalue weighted by molar-refractivity contribution is 0.530. The number of hydrogen-bond donors (Lipinski definition) is 0. The van der Waals surface area contributed by atoms with Gasteiger partial charge in [0.2, 0.25) is 0 Å².